The van der Waals surface area contributed by atoms with Crippen molar-refractivity contribution in [3.05, 3.63) is 35.1 Å². The molecule has 1 aromatic heterocycles. The molecule has 1 aromatic carbocycles. The second-order valence-corrected chi connectivity index (χ2v) is 6.60. The van der Waals surface area contributed by atoms with Crippen molar-refractivity contribution < 1.29 is 18.9 Å². The Labute approximate surface area is 159 Å². The molecule has 3 rings (SSSR count). The molecule has 1 aliphatic heterocycles. The number of aryl methyl sites for hydroxylation is 3. The van der Waals surface area contributed by atoms with Gasteiger partial charge in [0.1, 0.15) is 5.75 Å². The van der Waals surface area contributed by atoms with Gasteiger partial charge < -0.3 is 18.9 Å². The molecule has 0 amide bonds. The van der Waals surface area contributed by atoms with Crippen LogP contribution in [-0.2, 0) is 21.3 Å². The highest BCUT2D eigenvalue weighted by molar-refractivity contribution is 5.61. The predicted molar refractivity (Wildman–Crippen MR) is 98.9 cm³/mol. The first-order valence-electron chi connectivity index (χ1n) is 8.94. The zero-order valence-corrected chi connectivity index (χ0v) is 16.6. The summed E-state index contributed by atoms with van der Waals surface area (Å²) in [7, 11) is 4.95. The third kappa shape index (κ3) is 3.73. The Morgan fingerprint density at radius 2 is 1.93 bits per heavy atom. The average Bonchev–Trinajstić information content (AvgIpc) is 3.22. The lowest BCUT2D eigenvalue weighted by atomic mass is 10.0. The molecular weight excluding hydrogens is 348 g/mol. The highest BCUT2D eigenvalue weighted by Gasteiger charge is 2.45. The van der Waals surface area contributed by atoms with Crippen LogP contribution in [-0.4, -0.2) is 46.5 Å². The van der Waals surface area contributed by atoms with Gasteiger partial charge in [-0.1, -0.05) is 13.3 Å². The number of hydrogen-bond donors (Lipinski definition) is 0. The van der Waals surface area contributed by atoms with Crippen LogP contribution in [0.1, 0.15) is 30.9 Å². The zero-order valence-electron chi connectivity index (χ0n) is 16.6. The summed E-state index contributed by atoms with van der Waals surface area (Å²) in [5.41, 5.74) is 2.81. The maximum Gasteiger partial charge on any atom is 0.230 e. The van der Waals surface area contributed by atoms with E-state index in [1.165, 1.54) is 4.80 Å². The van der Waals surface area contributed by atoms with E-state index in [9.17, 15) is 0 Å². The molecule has 0 spiro atoms. The van der Waals surface area contributed by atoms with Gasteiger partial charge >= 0.3 is 0 Å². The average molecular weight is 374 g/mol. The lowest BCUT2D eigenvalue weighted by molar-refractivity contribution is -0.257. The standard InChI is InChI=1S/C19H26N4O4/c1-7-8-19(25-6)15(11-16(24-5)27-19)26-17-12(2)9-14(10-13(17)3)18-20-22-23(4)21-18/h9-11,16H,7-8H2,1-6H3. The van der Waals surface area contributed by atoms with Crippen molar-refractivity contribution >= 4 is 0 Å². The summed E-state index contributed by atoms with van der Waals surface area (Å²) in [5.74, 6) is 0.997. The van der Waals surface area contributed by atoms with E-state index in [-0.39, 0.29) is 0 Å². The lowest BCUT2D eigenvalue weighted by Crippen LogP contribution is -2.37. The molecule has 146 valence electrons. The monoisotopic (exact) mass is 374 g/mol. The smallest absolute Gasteiger partial charge is 0.230 e. The highest BCUT2D eigenvalue weighted by atomic mass is 16.8. The maximum atomic E-state index is 6.29. The second-order valence-electron chi connectivity index (χ2n) is 6.60. The van der Waals surface area contributed by atoms with Gasteiger partial charge in [-0.15, -0.1) is 10.2 Å². The molecule has 1 aliphatic rings. The fourth-order valence-electron chi connectivity index (χ4n) is 3.27. The van der Waals surface area contributed by atoms with Crippen LogP contribution in [0.4, 0.5) is 0 Å². The summed E-state index contributed by atoms with van der Waals surface area (Å²) >= 11 is 0. The van der Waals surface area contributed by atoms with Crippen molar-refractivity contribution in [2.45, 2.75) is 45.7 Å². The summed E-state index contributed by atoms with van der Waals surface area (Å²) in [4.78, 5) is 1.44. The Morgan fingerprint density at radius 3 is 2.44 bits per heavy atom. The van der Waals surface area contributed by atoms with E-state index in [1.54, 1.807) is 21.3 Å². The molecule has 0 fully saturated rings. The van der Waals surface area contributed by atoms with Crippen LogP contribution >= 0.6 is 0 Å². The van der Waals surface area contributed by atoms with Crippen LogP contribution in [0.25, 0.3) is 11.4 Å². The van der Waals surface area contributed by atoms with Crippen molar-refractivity contribution in [3.63, 3.8) is 0 Å². The van der Waals surface area contributed by atoms with E-state index in [4.69, 9.17) is 18.9 Å². The fourth-order valence-corrected chi connectivity index (χ4v) is 3.27. The van der Waals surface area contributed by atoms with Crippen molar-refractivity contribution in [1.29, 1.82) is 0 Å². The van der Waals surface area contributed by atoms with Gasteiger partial charge in [0.25, 0.3) is 0 Å². The number of nitrogens with zero attached hydrogens (tertiary/aromatic N) is 4. The number of tetrazole rings is 1. The molecule has 0 saturated heterocycles. The van der Waals surface area contributed by atoms with Crippen LogP contribution < -0.4 is 4.74 Å². The Hall–Kier alpha value is -2.29. The van der Waals surface area contributed by atoms with Crippen molar-refractivity contribution in [1.82, 2.24) is 20.2 Å². The van der Waals surface area contributed by atoms with Crippen molar-refractivity contribution in [2.24, 2.45) is 7.05 Å². The molecule has 8 nitrogen and oxygen atoms in total. The first-order chi connectivity index (χ1) is 12.9. The molecular formula is C19H26N4O4. The van der Waals surface area contributed by atoms with Gasteiger partial charge in [0.2, 0.25) is 11.6 Å². The number of benzene rings is 1. The normalized spacial score (nSPS) is 22.1. The minimum atomic E-state index is -0.945. The molecule has 0 bridgehead atoms. The van der Waals surface area contributed by atoms with Crippen molar-refractivity contribution in [3.8, 4) is 17.1 Å². The van der Waals surface area contributed by atoms with Gasteiger partial charge in [0.15, 0.2) is 12.0 Å². The topological polar surface area (TPSA) is 80.5 Å². The molecule has 2 atom stereocenters. The van der Waals surface area contributed by atoms with E-state index >= 15 is 0 Å². The summed E-state index contributed by atoms with van der Waals surface area (Å²) in [5, 5.41) is 12.2. The van der Waals surface area contributed by atoms with Crippen LogP contribution in [0.5, 0.6) is 5.75 Å². The molecule has 2 unspecified atom stereocenters. The molecule has 2 heterocycles. The maximum absolute atomic E-state index is 6.29. The van der Waals surface area contributed by atoms with Gasteiger partial charge in [-0.05, 0) is 42.3 Å². The van der Waals surface area contributed by atoms with Crippen LogP contribution in [0, 0.1) is 13.8 Å². The van der Waals surface area contributed by atoms with Gasteiger partial charge in [-0.25, -0.2) is 0 Å². The number of methoxy groups -OCH3 is 2. The van der Waals surface area contributed by atoms with E-state index in [2.05, 4.69) is 22.3 Å². The highest BCUT2D eigenvalue weighted by Crippen LogP contribution is 2.39. The number of hydrogen-bond acceptors (Lipinski definition) is 7. The van der Waals surface area contributed by atoms with E-state index in [1.807, 2.05) is 32.1 Å². The van der Waals surface area contributed by atoms with Crippen LogP contribution in [0.15, 0.2) is 24.0 Å². The van der Waals surface area contributed by atoms with Crippen LogP contribution in [0.3, 0.4) is 0 Å². The van der Waals surface area contributed by atoms with E-state index < -0.39 is 12.1 Å². The number of aromatic nitrogens is 4. The van der Waals surface area contributed by atoms with Gasteiger partial charge in [-0.3, -0.25) is 0 Å². The number of ether oxygens (including phenoxy) is 4. The molecule has 0 aliphatic carbocycles. The first-order valence-corrected chi connectivity index (χ1v) is 8.94. The molecule has 0 saturated carbocycles. The lowest BCUT2D eigenvalue weighted by Gasteiger charge is -2.30. The Morgan fingerprint density at radius 1 is 1.22 bits per heavy atom. The Kier molecular flexibility index (Phi) is 5.59. The molecule has 27 heavy (non-hydrogen) atoms. The summed E-state index contributed by atoms with van der Waals surface area (Å²) in [6.07, 6.45) is 2.85. The molecule has 2 aromatic rings. The zero-order chi connectivity index (χ0) is 19.6. The Bertz CT molecular complexity index is 825. The third-order valence-electron chi connectivity index (χ3n) is 4.55. The van der Waals surface area contributed by atoms with Crippen molar-refractivity contribution in [2.75, 3.05) is 14.2 Å². The predicted octanol–water partition coefficient (Wildman–Crippen LogP) is 2.90. The third-order valence-corrected chi connectivity index (χ3v) is 4.55. The largest absolute Gasteiger partial charge is 0.456 e. The SMILES string of the molecule is CCCC1(OC)OC(OC)C=C1Oc1c(C)cc(-c2nnn(C)n2)cc1C. The summed E-state index contributed by atoms with van der Waals surface area (Å²) in [6, 6.07) is 3.97. The minimum absolute atomic E-state index is 0.504. The van der Waals surface area contributed by atoms with E-state index in [0.29, 0.717) is 18.0 Å². The molecule has 8 heteroatoms. The van der Waals surface area contributed by atoms with Crippen LogP contribution in [0.2, 0.25) is 0 Å². The van der Waals surface area contributed by atoms with Gasteiger partial charge in [-0.2, -0.15) is 4.80 Å². The molecule has 0 radical (unpaired) electrons. The van der Waals surface area contributed by atoms with Gasteiger partial charge in [0, 0.05) is 32.3 Å². The minimum Gasteiger partial charge on any atom is -0.456 e. The number of rotatable bonds is 7. The Balaban J connectivity index is 1.94. The van der Waals surface area contributed by atoms with E-state index in [0.717, 1.165) is 28.9 Å². The summed E-state index contributed by atoms with van der Waals surface area (Å²) < 4.78 is 23.3. The first kappa shape index (κ1) is 19.5. The second kappa shape index (κ2) is 7.75. The summed E-state index contributed by atoms with van der Waals surface area (Å²) in [6.45, 7) is 6.04. The fraction of sp³-hybridized carbons (Fsp3) is 0.526. The molecule has 0 N–H and O–H groups in total. The van der Waals surface area contributed by atoms with Gasteiger partial charge in [0.05, 0.1) is 7.05 Å². The quantitative estimate of drug-likeness (QED) is 0.737.